The van der Waals surface area contributed by atoms with Crippen LogP contribution in [0.2, 0.25) is 0 Å². The molecule has 96 valence electrons. The first-order valence-corrected chi connectivity index (χ1v) is 7.57. The van der Waals surface area contributed by atoms with Crippen LogP contribution < -0.4 is 4.72 Å². The van der Waals surface area contributed by atoms with Crippen LogP contribution in [0.25, 0.3) is 0 Å². The average Bonchev–Trinajstić information content (AvgIpc) is 2.13. The van der Waals surface area contributed by atoms with Crippen LogP contribution in [0.1, 0.15) is 13.8 Å². The van der Waals surface area contributed by atoms with E-state index in [2.05, 4.69) is 35.4 Å². The Kier molecular flexibility index (Phi) is 4.73. The van der Waals surface area contributed by atoms with Gasteiger partial charge in [0, 0.05) is 38.3 Å². The molecule has 0 spiro atoms. The first kappa shape index (κ1) is 13.9. The fraction of sp³-hybridized carbons (Fsp3) is 1.00. The maximum atomic E-state index is 11.1. The molecule has 0 radical (unpaired) electrons. The number of likely N-dealkylation sites (N-methyl/N-ethyl adjacent to an activating group) is 1. The molecule has 1 rings (SSSR count). The number of hydrogen-bond donors (Lipinski definition) is 1. The molecule has 1 unspecified atom stereocenters. The normalized spacial score (nSPS) is 25.2. The second kappa shape index (κ2) is 5.44. The summed E-state index contributed by atoms with van der Waals surface area (Å²) in [6, 6.07) is 0.730. The summed E-state index contributed by atoms with van der Waals surface area (Å²) in [4.78, 5) is 4.60. The number of piperazine rings is 1. The van der Waals surface area contributed by atoms with Crippen LogP contribution >= 0.6 is 0 Å². The van der Waals surface area contributed by atoms with Crippen LogP contribution in [-0.2, 0) is 10.0 Å². The monoisotopic (exact) mass is 249 g/mol. The molecular weight excluding hydrogens is 226 g/mol. The van der Waals surface area contributed by atoms with Crippen LogP contribution in [0.3, 0.4) is 0 Å². The Bertz CT molecular complexity index is 316. The molecule has 0 amide bonds. The Morgan fingerprint density at radius 3 is 2.50 bits per heavy atom. The van der Waals surface area contributed by atoms with Gasteiger partial charge in [-0.15, -0.1) is 0 Å². The van der Waals surface area contributed by atoms with Gasteiger partial charge in [-0.25, -0.2) is 13.1 Å². The van der Waals surface area contributed by atoms with E-state index in [1.165, 1.54) is 6.26 Å². The summed E-state index contributed by atoms with van der Waals surface area (Å²) in [7, 11) is -1.01. The maximum absolute atomic E-state index is 11.1. The summed E-state index contributed by atoms with van der Waals surface area (Å²) in [6.07, 6.45) is 1.21. The van der Waals surface area contributed by atoms with Crippen LogP contribution in [-0.4, -0.2) is 69.8 Å². The van der Waals surface area contributed by atoms with Gasteiger partial charge in [-0.2, -0.15) is 0 Å². The van der Waals surface area contributed by atoms with Gasteiger partial charge >= 0.3 is 0 Å². The second-order valence-electron chi connectivity index (χ2n) is 4.87. The van der Waals surface area contributed by atoms with Crippen molar-refractivity contribution in [3.05, 3.63) is 0 Å². The second-order valence-corrected chi connectivity index (χ2v) is 6.70. The molecule has 0 bridgehead atoms. The van der Waals surface area contributed by atoms with Gasteiger partial charge in [-0.1, -0.05) is 0 Å². The van der Waals surface area contributed by atoms with E-state index in [0.29, 0.717) is 12.6 Å². The molecule has 5 nitrogen and oxygen atoms in total. The predicted octanol–water partition coefficient (Wildman–Crippen LogP) is -0.440. The minimum atomic E-state index is -3.09. The van der Waals surface area contributed by atoms with Gasteiger partial charge in [0.2, 0.25) is 10.0 Å². The van der Waals surface area contributed by atoms with Crippen LogP contribution in [0, 0.1) is 0 Å². The number of nitrogens with one attached hydrogen (secondary N) is 1. The smallest absolute Gasteiger partial charge is 0.208 e. The molecule has 0 aromatic heterocycles. The Balaban J connectivity index is 2.58. The third kappa shape index (κ3) is 4.37. The van der Waals surface area contributed by atoms with Gasteiger partial charge in [0.05, 0.1) is 6.26 Å². The summed E-state index contributed by atoms with van der Waals surface area (Å²) in [6.45, 7) is 7.78. The minimum Gasteiger partial charge on any atom is -0.303 e. The van der Waals surface area contributed by atoms with E-state index in [1.807, 2.05) is 0 Å². The van der Waals surface area contributed by atoms with Gasteiger partial charge in [-0.3, -0.25) is 4.90 Å². The summed E-state index contributed by atoms with van der Waals surface area (Å²) < 4.78 is 24.8. The topological polar surface area (TPSA) is 52.6 Å². The Labute approximate surface area is 98.8 Å². The van der Waals surface area contributed by atoms with Gasteiger partial charge in [-0.05, 0) is 20.9 Å². The molecule has 1 atom stereocenters. The molecule has 16 heavy (non-hydrogen) atoms. The average molecular weight is 249 g/mol. The third-order valence-corrected chi connectivity index (χ3v) is 3.67. The van der Waals surface area contributed by atoms with E-state index in [4.69, 9.17) is 0 Å². The molecule has 0 aliphatic carbocycles. The summed E-state index contributed by atoms with van der Waals surface area (Å²) >= 11 is 0. The van der Waals surface area contributed by atoms with Crippen molar-refractivity contribution in [3.8, 4) is 0 Å². The van der Waals surface area contributed by atoms with Crippen molar-refractivity contribution in [2.45, 2.75) is 25.9 Å². The number of nitrogens with zero attached hydrogens (tertiary/aromatic N) is 2. The molecule has 1 saturated heterocycles. The van der Waals surface area contributed by atoms with E-state index >= 15 is 0 Å². The predicted molar refractivity (Wildman–Crippen MR) is 66.0 cm³/mol. The third-order valence-electron chi connectivity index (χ3n) is 2.98. The summed E-state index contributed by atoms with van der Waals surface area (Å²) in [5.41, 5.74) is 0. The highest BCUT2D eigenvalue weighted by atomic mass is 32.2. The van der Waals surface area contributed by atoms with Gasteiger partial charge in [0.25, 0.3) is 0 Å². The summed E-state index contributed by atoms with van der Waals surface area (Å²) in [5, 5.41) is 0. The maximum Gasteiger partial charge on any atom is 0.208 e. The van der Waals surface area contributed by atoms with Crippen molar-refractivity contribution in [3.63, 3.8) is 0 Å². The first-order chi connectivity index (χ1) is 7.29. The molecule has 0 saturated carbocycles. The highest BCUT2D eigenvalue weighted by molar-refractivity contribution is 7.88. The molecule has 1 aliphatic rings. The lowest BCUT2D eigenvalue weighted by Crippen LogP contribution is -2.57. The van der Waals surface area contributed by atoms with E-state index in [9.17, 15) is 8.42 Å². The lowest BCUT2D eigenvalue weighted by molar-refractivity contribution is 0.0669. The van der Waals surface area contributed by atoms with Gasteiger partial charge < -0.3 is 4.90 Å². The van der Waals surface area contributed by atoms with Crippen molar-refractivity contribution in [2.24, 2.45) is 0 Å². The van der Waals surface area contributed by atoms with Crippen LogP contribution in [0.5, 0.6) is 0 Å². The van der Waals surface area contributed by atoms with Crippen LogP contribution in [0.4, 0.5) is 0 Å². The zero-order valence-electron chi connectivity index (χ0n) is 10.6. The molecule has 1 heterocycles. The van der Waals surface area contributed by atoms with Gasteiger partial charge in [0.15, 0.2) is 0 Å². The molecule has 1 aliphatic heterocycles. The lowest BCUT2D eigenvalue weighted by Gasteiger charge is -2.42. The number of hydrogen-bond acceptors (Lipinski definition) is 4. The molecule has 1 fully saturated rings. The summed E-state index contributed by atoms with van der Waals surface area (Å²) in [5.74, 6) is 0. The number of sulfonamides is 1. The Morgan fingerprint density at radius 1 is 1.38 bits per heavy atom. The molecule has 6 heteroatoms. The highest BCUT2D eigenvalue weighted by Gasteiger charge is 2.27. The van der Waals surface area contributed by atoms with Crippen molar-refractivity contribution in [1.29, 1.82) is 0 Å². The van der Waals surface area contributed by atoms with E-state index < -0.39 is 10.0 Å². The minimum absolute atomic E-state index is 0.272. The SMILES string of the molecule is CC(C)N1CCN(C)CC1CNS(C)(=O)=O. The van der Waals surface area contributed by atoms with Crippen molar-refractivity contribution in [2.75, 3.05) is 39.5 Å². The number of rotatable bonds is 4. The van der Waals surface area contributed by atoms with Crippen LogP contribution in [0.15, 0.2) is 0 Å². The van der Waals surface area contributed by atoms with Crippen molar-refractivity contribution >= 4 is 10.0 Å². The molecule has 0 aromatic rings. The van der Waals surface area contributed by atoms with E-state index in [1.54, 1.807) is 0 Å². The fourth-order valence-electron chi connectivity index (χ4n) is 2.13. The molecule has 0 aromatic carbocycles. The largest absolute Gasteiger partial charge is 0.303 e. The lowest BCUT2D eigenvalue weighted by atomic mass is 10.1. The fourth-order valence-corrected chi connectivity index (χ4v) is 2.63. The highest BCUT2D eigenvalue weighted by Crippen LogP contribution is 2.11. The quantitative estimate of drug-likeness (QED) is 0.734. The van der Waals surface area contributed by atoms with E-state index in [-0.39, 0.29) is 6.04 Å². The molecule has 1 N–H and O–H groups in total. The van der Waals surface area contributed by atoms with E-state index in [0.717, 1.165) is 19.6 Å². The van der Waals surface area contributed by atoms with Crippen molar-refractivity contribution in [1.82, 2.24) is 14.5 Å². The zero-order valence-corrected chi connectivity index (χ0v) is 11.4. The Hall–Kier alpha value is -0.170. The zero-order chi connectivity index (χ0) is 12.3. The van der Waals surface area contributed by atoms with Gasteiger partial charge in [0.1, 0.15) is 0 Å². The van der Waals surface area contributed by atoms with Crippen molar-refractivity contribution < 1.29 is 8.42 Å². The Morgan fingerprint density at radius 2 is 2.00 bits per heavy atom. The first-order valence-electron chi connectivity index (χ1n) is 5.68. The molecular formula is C10H23N3O2S. The standard InChI is InChI=1S/C10H23N3O2S/c1-9(2)13-6-5-12(3)8-10(13)7-11-16(4,14)15/h9-11H,5-8H2,1-4H3.